The van der Waals surface area contributed by atoms with Crippen LogP contribution in [0.2, 0.25) is 0 Å². The molecule has 1 aliphatic carbocycles. The van der Waals surface area contributed by atoms with Crippen LogP contribution in [0.5, 0.6) is 0 Å². The molecule has 144 valence electrons. The Morgan fingerprint density at radius 2 is 2.30 bits per heavy atom. The van der Waals surface area contributed by atoms with Gasteiger partial charge in [-0.1, -0.05) is 5.92 Å². The normalized spacial score (nSPS) is 14.7. The molecular weight excluding hydrogens is 362 g/mol. The zero-order valence-electron chi connectivity index (χ0n) is 14.5. The molecule has 0 saturated heterocycles. The first-order valence-electron chi connectivity index (χ1n) is 8.73. The highest BCUT2D eigenvalue weighted by atomic mass is 32.1. The number of rotatable bonds is 7. The Bertz CT molecular complexity index is 1000. The predicted octanol–water partition coefficient (Wildman–Crippen LogP) is 3.68. The number of aliphatic hydroxyl groups is 2. The maximum absolute atomic E-state index is 10.0. The first-order valence-corrected chi connectivity index (χ1v) is 9.54. The van der Waals surface area contributed by atoms with E-state index in [0.717, 1.165) is 15.4 Å². The smallest absolute Gasteiger partial charge is 0.171 e. The van der Waals surface area contributed by atoms with Crippen LogP contribution in [0.1, 0.15) is 51.7 Å². The molecule has 8 heteroatoms. The summed E-state index contributed by atoms with van der Waals surface area (Å²) in [6, 6.07) is 5.66. The Kier molecular flexibility index (Phi) is 4.90. The SMILES string of the molecule is C#Cc1cnc(-c2ccc(C(O)CCO)s2)nc1Nc1cc(C2CC2)[nH]n1.[HH].[HH].[HH]. The lowest BCUT2D eigenvalue weighted by Crippen LogP contribution is -2.00. The summed E-state index contributed by atoms with van der Waals surface area (Å²) in [7, 11) is 0. The molecule has 0 bridgehead atoms. The van der Waals surface area contributed by atoms with Crippen molar-refractivity contribution in [3.05, 3.63) is 40.5 Å². The quantitative estimate of drug-likeness (QED) is 0.461. The van der Waals surface area contributed by atoms with Crippen LogP contribution >= 0.6 is 11.3 Å². The largest absolute Gasteiger partial charge is 0.396 e. The van der Waals surface area contributed by atoms with Crippen LogP contribution in [0.15, 0.2) is 24.4 Å². The molecule has 3 aromatic rings. The van der Waals surface area contributed by atoms with Gasteiger partial charge in [0.2, 0.25) is 0 Å². The molecule has 0 aliphatic heterocycles. The van der Waals surface area contributed by atoms with Crippen LogP contribution in [0.3, 0.4) is 0 Å². The second kappa shape index (κ2) is 7.48. The van der Waals surface area contributed by atoms with Crippen molar-refractivity contribution in [1.82, 2.24) is 20.2 Å². The maximum Gasteiger partial charge on any atom is 0.171 e. The zero-order chi connectivity index (χ0) is 18.8. The number of aromatic nitrogens is 4. The summed E-state index contributed by atoms with van der Waals surface area (Å²) in [4.78, 5) is 10.5. The molecule has 1 atom stereocenters. The average molecular weight is 388 g/mol. The molecule has 1 unspecified atom stereocenters. The van der Waals surface area contributed by atoms with Gasteiger partial charge in [-0.15, -0.1) is 17.8 Å². The lowest BCUT2D eigenvalue weighted by atomic mass is 10.2. The molecule has 0 aromatic carbocycles. The second-order valence-corrected chi connectivity index (χ2v) is 7.55. The van der Waals surface area contributed by atoms with Gasteiger partial charge in [-0.25, -0.2) is 9.97 Å². The number of anilines is 2. The van der Waals surface area contributed by atoms with Gasteiger partial charge in [0.15, 0.2) is 17.5 Å². The van der Waals surface area contributed by atoms with Gasteiger partial charge in [0.25, 0.3) is 0 Å². The Labute approximate surface area is 165 Å². The minimum atomic E-state index is -0.693. The van der Waals surface area contributed by atoms with Crippen LogP contribution < -0.4 is 5.32 Å². The van der Waals surface area contributed by atoms with E-state index in [1.54, 1.807) is 6.20 Å². The fraction of sp³-hybridized carbons (Fsp3) is 0.316. The van der Waals surface area contributed by atoms with E-state index < -0.39 is 6.10 Å². The highest BCUT2D eigenvalue weighted by Gasteiger charge is 2.25. The first kappa shape index (κ1) is 17.7. The molecule has 4 N–H and O–H groups in total. The molecule has 0 spiro atoms. The third-order valence-corrected chi connectivity index (χ3v) is 5.57. The van der Waals surface area contributed by atoms with E-state index in [4.69, 9.17) is 11.5 Å². The summed E-state index contributed by atoms with van der Waals surface area (Å²) in [6.45, 7) is -0.0671. The fourth-order valence-electron chi connectivity index (χ4n) is 2.74. The third kappa shape index (κ3) is 3.85. The van der Waals surface area contributed by atoms with Crippen LogP contribution in [0.4, 0.5) is 11.6 Å². The van der Waals surface area contributed by atoms with E-state index >= 15 is 0 Å². The fourth-order valence-corrected chi connectivity index (χ4v) is 3.71. The lowest BCUT2D eigenvalue weighted by Gasteiger charge is -2.07. The summed E-state index contributed by atoms with van der Waals surface area (Å²) < 4.78 is 0. The molecule has 0 radical (unpaired) electrons. The van der Waals surface area contributed by atoms with Crippen molar-refractivity contribution < 1.29 is 14.5 Å². The average Bonchev–Trinajstić information content (AvgIpc) is 3.22. The summed E-state index contributed by atoms with van der Waals surface area (Å²) in [5.41, 5.74) is 1.67. The van der Waals surface area contributed by atoms with E-state index in [0.29, 0.717) is 35.4 Å². The minimum Gasteiger partial charge on any atom is -0.396 e. The highest BCUT2D eigenvalue weighted by molar-refractivity contribution is 7.15. The summed E-state index contributed by atoms with van der Waals surface area (Å²) in [6.07, 6.45) is 9.17. The number of hydrogen-bond donors (Lipinski definition) is 4. The summed E-state index contributed by atoms with van der Waals surface area (Å²) in [5.74, 6) is 4.87. The van der Waals surface area contributed by atoms with E-state index in [2.05, 4.69) is 31.4 Å². The molecule has 0 amide bonds. The lowest BCUT2D eigenvalue weighted by molar-refractivity contribution is 0.137. The van der Waals surface area contributed by atoms with Crippen LogP contribution in [0, 0.1) is 12.3 Å². The number of aliphatic hydroxyl groups excluding tert-OH is 2. The van der Waals surface area contributed by atoms with Crippen molar-refractivity contribution >= 4 is 23.0 Å². The van der Waals surface area contributed by atoms with Crippen molar-refractivity contribution in [3.8, 4) is 23.0 Å². The molecule has 1 saturated carbocycles. The Hall–Kier alpha value is -2.73. The van der Waals surface area contributed by atoms with Crippen LogP contribution in [0.25, 0.3) is 10.7 Å². The number of hydrogen-bond acceptors (Lipinski definition) is 7. The molecule has 3 aromatic heterocycles. The topological polar surface area (TPSA) is 107 Å². The van der Waals surface area contributed by atoms with Crippen molar-refractivity contribution in [2.45, 2.75) is 31.3 Å². The van der Waals surface area contributed by atoms with E-state index in [1.807, 2.05) is 18.2 Å². The number of nitrogens with one attached hydrogen (secondary N) is 2. The van der Waals surface area contributed by atoms with Crippen molar-refractivity contribution in [1.29, 1.82) is 0 Å². The van der Waals surface area contributed by atoms with Crippen molar-refractivity contribution in [2.75, 3.05) is 11.9 Å². The number of H-pyrrole nitrogens is 1. The van der Waals surface area contributed by atoms with E-state index in [9.17, 15) is 5.11 Å². The summed E-state index contributed by atoms with van der Waals surface area (Å²) >= 11 is 1.39. The van der Waals surface area contributed by atoms with Crippen LogP contribution in [-0.2, 0) is 0 Å². The molecule has 3 heterocycles. The van der Waals surface area contributed by atoms with Gasteiger partial charge in [0, 0.05) is 46.1 Å². The van der Waals surface area contributed by atoms with Gasteiger partial charge >= 0.3 is 0 Å². The first-order chi connectivity index (χ1) is 13.2. The predicted molar refractivity (Wildman–Crippen MR) is 110 cm³/mol. The van der Waals surface area contributed by atoms with Crippen LogP contribution in [-0.4, -0.2) is 37.0 Å². The van der Waals surface area contributed by atoms with E-state index in [-0.39, 0.29) is 10.9 Å². The zero-order valence-corrected chi connectivity index (χ0v) is 15.3. The van der Waals surface area contributed by atoms with Gasteiger partial charge < -0.3 is 15.5 Å². The minimum absolute atomic E-state index is 0. The van der Waals surface area contributed by atoms with Crippen molar-refractivity contribution in [3.63, 3.8) is 0 Å². The molecule has 1 aliphatic rings. The monoisotopic (exact) mass is 387 g/mol. The van der Waals surface area contributed by atoms with Gasteiger partial charge in [-0.05, 0) is 25.0 Å². The summed E-state index contributed by atoms with van der Waals surface area (Å²) in [5, 5.41) is 29.5. The standard InChI is InChI=1S/C19H19N5O2S.3H2/c1-2-11-10-20-19(16-6-5-15(27-16)14(26)7-8-25)22-18(11)21-17-9-13(23-24-17)12-3-4-12;;;/h1,5-6,9-10,12,14,25-26H,3-4,7-8H2,(H2,20,21,22,23,24);3*1H. The molecule has 7 nitrogen and oxygen atoms in total. The van der Waals surface area contributed by atoms with Gasteiger partial charge in [0.05, 0.1) is 16.5 Å². The Morgan fingerprint density at radius 3 is 3.04 bits per heavy atom. The number of thiophene rings is 1. The third-order valence-electron chi connectivity index (χ3n) is 4.38. The molecule has 4 rings (SSSR count). The van der Waals surface area contributed by atoms with Gasteiger partial charge in [0.1, 0.15) is 0 Å². The van der Waals surface area contributed by atoms with Gasteiger partial charge in [-0.2, -0.15) is 5.10 Å². The molecule has 1 fully saturated rings. The van der Waals surface area contributed by atoms with Gasteiger partial charge in [-0.3, -0.25) is 5.10 Å². The highest BCUT2D eigenvalue weighted by Crippen LogP contribution is 2.39. The maximum atomic E-state index is 10.0. The Balaban J connectivity index is 0.00000150. The van der Waals surface area contributed by atoms with E-state index in [1.165, 1.54) is 24.2 Å². The van der Waals surface area contributed by atoms with Crippen molar-refractivity contribution in [2.24, 2.45) is 0 Å². The number of terminal acetylenes is 1. The second-order valence-electron chi connectivity index (χ2n) is 6.44. The molecular formula is C19H25N5O2S. The molecule has 27 heavy (non-hydrogen) atoms. The number of nitrogens with zero attached hydrogens (tertiary/aromatic N) is 3. The number of aromatic amines is 1. The Morgan fingerprint density at radius 1 is 1.44 bits per heavy atom.